The maximum atomic E-state index is 12.0. The predicted octanol–water partition coefficient (Wildman–Crippen LogP) is 6.46. The normalized spacial score (nSPS) is 11.8. The molecule has 0 aliphatic rings. The van der Waals surface area contributed by atoms with Crippen molar-refractivity contribution in [2.45, 2.75) is 51.3 Å². The second-order valence-corrected chi connectivity index (χ2v) is 10.9. The molecule has 0 saturated carbocycles. The van der Waals surface area contributed by atoms with Gasteiger partial charge in [-0.15, -0.1) is 0 Å². The SMILES string of the molecule is CC(C)(C)C(=O)Nc1ccc(SSc2ccc(NC(=O)C(C)(C)C)cc2)cc1. The van der Waals surface area contributed by atoms with E-state index in [4.69, 9.17) is 0 Å². The topological polar surface area (TPSA) is 58.2 Å². The van der Waals surface area contributed by atoms with Gasteiger partial charge in [0.2, 0.25) is 11.8 Å². The Kier molecular flexibility index (Phi) is 7.23. The highest BCUT2D eigenvalue weighted by Gasteiger charge is 2.21. The van der Waals surface area contributed by atoms with Crippen LogP contribution in [0.5, 0.6) is 0 Å². The average Bonchev–Trinajstić information content (AvgIpc) is 2.60. The van der Waals surface area contributed by atoms with Crippen molar-refractivity contribution < 1.29 is 9.59 Å². The first kappa shape index (κ1) is 22.4. The van der Waals surface area contributed by atoms with Crippen molar-refractivity contribution in [2.24, 2.45) is 10.8 Å². The van der Waals surface area contributed by atoms with Gasteiger partial charge in [-0.1, -0.05) is 63.1 Å². The molecule has 150 valence electrons. The van der Waals surface area contributed by atoms with Crippen molar-refractivity contribution in [1.29, 1.82) is 0 Å². The minimum atomic E-state index is -0.415. The fourth-order valence-electron chi connectivity index (χ4n) is 1.92. The average molecular weight is 417 g/mol. The molecular formula is C22H28N2O2S2. The number of benzene rings is 2. The number of anilines is 2. The van der Waals surface area contributed by atoms with E-state index in [0.717, 1.165) is 21.2 Å². The molecule has 2 rings (SSSR count). The zero-order chi connectivity index (χ0) is 20.9. The minimum Gasteiger partial charge on any atom is -0.326 e. The van der Waals surface area contributed by atoms with E-state index in [9.17, 15) is 9.59 Å². The van der Waals surface area contributed by atoms with E-state index in [1.54, 1.807) is 21.6 Å². The number of carbonyl (C=O) groups excluding carboxylic acids is 2. The molecule has 0 saturated heterocycles. The van der Waals surface area contributed by atoms with Gasteiger partial charge in [0.1, 0.15) is 0 Å². The molecule has 2 N–H and O–H groups in total. The van der Waals surface area contributed by atoms with Gasteiger partial charge in [-0.25, -0.2) is 0 Å². The van der Waals surface area contributed by atoms with Crippen LogP contribution in [-0.2, 0) is 9.59 Å². The van der Waals surface area contributed by atoms with Crippen molar-refractivity contribution in [1.82, 2.24) is 0 Å². The van der Waals surface area contributed by atoms with E-state index >= 15 is 0 Å². The zero-order valence-corrected chi connectivity index (χ0v) is 18.9. The summed E-state index contributed by atoms with van der Waals surface area (Å²) in [6.07, 6.45) is 0. The van der Waals surface area contributed by atoms with Crippen molar-refractivity contribution in [3.63, 3.8) is 0 Å². The number of nitrogens with one attached hydrogen (secondary N) is 2. The smallest absolute Gasteiger partial charge is 0.229 e. The van der Waals surface area contributed by atoms with E-state index in [1.807, 2.05) is 90.1 Å². The third-order valence-corrected chi connectivity index (χ3v) is 6.24. The van der Waals surface area contributed by atoms with Gasteiger partial charge >= 0.3 is 0 Å². The van der Waals surface area contributed by atoms with Gasteiger partial charge in [-0.3, -0.25) is 9.59 Å². The molecule has 0 aliphatic carbocycles. The summed E-state index contributed by atoms with van der Waals surface area (Å²) in [5.74, 6) is 0.00170. The van der Waals surface area contributed by atoms with E-state index in [2.05, 4.69) is 10.6 Å². The van der Waals surface area contributed by atoms with Crippen LogP contribution in [0.2, 0.25) is 0 Å². The molecule has 0 aliphatic heterocycles. The highest BCUT2D eigenvalue weighted by Crippen LogP contribution is 2.38. The van der Waals surface area contributed by atoms with Gasteiger partial charge in [0.25, 0.3) is 0 Å². The van der Waals surface area contributed by atoms with Crippen LogP contribution in [-0.4, -0.2) is 11.8 Å². The summed E-state index contributed by atoms with van der Waals surface area (Å²) in [7, 11) is 3.29. The lowest BCUT2D eigenvalue weighted by molar-refractivity contribution is -0.123. The van der Waals surface area contributed by atoms with Gasteiger partial charge in [0, 0.05) is 32.0 Å². The summed E-state index contributed by atoms with van der Waals surface area (Å²) in [6, 6.07) is 15.6. The molecule has 0 bridgehead atoms. The van der Waals surface area contributed by atoms with Gasteiger partial charge < -0.3 is 10.6 Å². The molecule has 2 aromatic carbocycles. The third-order valence-electron chi connectivity index (χ3n) is 3.82. The number of carbonyl (C=O) groups is 2. The third kappa shape index (κ3) is 6.91. The minimum absolute atomic E-state index is 0.000851. The van der Waals surface area contributed by atoms with Gasteiger partial charge in [0.15, 0.2) is 0 Å². The van der Waals surface area contributed by atoms with Gasteiger partial charge in [-0.2, -0.15) is 0 Å². The van der Waals surface area contributed by atoms with Gasteiger partial charge in [0.05, 0.1) is 0 Å². The fraction of sp³-hybridized carbons (Fsp3) is 0.364. The van der Waals surface area contributed by atoms with Crippen molar-refractivity contribution in [3.05, 3.63) is 48.5 Å². The lowest BCUT2D eigenvalue weighted by Crippen LogP contribution is -2.27. The summed E-state index contributed by atoms with van der Waals surface area (Å²) >= 11 is 0. The Hall–Kier alpha value is -1.92. The molecule has 2 amide bonds. The van der Waals surface area contributed by atoms with Crippen LogP contribution in [0.4, 0.5) is 11.4 Å². The van der Waals surface area contributed by atoms with Crippen LogP contribution in [0.15, 0.2) is 58.3 Å². The van der Waals surface area contributed by atoms with Crippen molar-refractivity contribution in [3.8, 4) is 0 Å². The van der Waals surface area contributed by atoms with Crippen LogP contribution >= 0.6 is 21.6 Å². The molecule has 6 heteroatoms. The largest absolute Gasteiger partial charge is 0.326 e. The Balaban J connectivity index is 1.88. The molecule has 0 aromatic heterocycles. The van der Waals surface area contributed by atoms with E-state index in [1.165, 1.54) is 0 Å². The van der Waals surface area contributed by atoms with E-state index < -0.39 is 10.8 Å². The molecule has 0 heterocycles. The van der Waals surface area contributed by atoms with Crippen LogP contribution in [0.3, 0.4) is 0 Å². The second-order valence-electron chi connectivity index (χ2n) is 8.62. The Morgan fingerprint density at radius 2 is 0.893 bits per heavy atom. The van der Waals surface area contributed by atoms with Crippen LogP contribution in [0.25, 0.3) is 0 Å². The van der Waals surface area contributed by atoms with Crippen LogP contribution in [0.1, 0.15) is 41.5 Å². The molecule has 0 unspecified atom stereocenters. The predicted molar refractivity (Wildman–Crippen MR) is 121 cm³/mol. The molecule has 28 heavy (non-hydrogen) atoms. The summed E-state index contributed by atoms with van der Waals surface area (Å²) in [5, 5.41) is 5.85. The zero-order valence-electron chi connectivity index (χ0n) is 17.3. The highest BCUT2D eigenvalue weighted by atomic mass is 33.1. The van der Waals surface area contributed by atoms with Crippen molar-refractivity contribution >= 4 is 44.8 Å². The molecule has 0 atom stereocenters. The lowest BCUT2D eigenvalue weighted by atomic mass is 9.95. The summed E-state index contributed by atoms with van der Waals surface area (Å²) in [5.41, 5.74) is 0.769. The Morgan fingerprint density at radius 1 is 0.607 bits per heavy atom. The molecule has 0 fully saturated rings. The first-order valence-corrected chi connectivity index (χ1v) is 11.3. The van der Waals surface area contributed by atoms with Gasteiger partial charge in [-0.05, 0) is 48.5 Å². The monoisotopic (exact) mass is 416 g/mol. The maximum absolute atomic E-state index is 12.0. The van der Waals surface area contributed by atoms with Crippen LogP contribution < -0.4 is 10.6 Å². The molecule has 4 nitrogen and oxygen atoms in total. The Morgan fingerprint density at radius 3 is 1.14 bits per heavy atom. The number of hydrogen-bond acceptors (Lipinski definition) is 4. The molecule has 2 aromatic rings. The van der Waals surface area contributed by atoms with E-state index in [-0.39, 0.29) is 11.8 Å². The lowest BCUT2D eigenvalue weighted by Gasteiger charge is -2.17. The second kappa shape index (κ2) is 9.05. The summed E-state index contributed by atoms with van der Waals surface area (Å²) in [4.78, 5) is 26.3. The standard InChI is InChI=1S/C22H28N2O2S2/c1-21(2,3)19(25)23-15-7-11-17(12-8-15)27-28-18-13-9-16(10-14-18)24-20(26)22(4,5)6/h7-14H,1-6H3,(H,23,25)(H,24,26). The van der Waals surface area contributed by atoms with E-state index in [0.29, 0.717) is 0 Å². The molecular weight excluding hydrogens is 388 g/mol. The fourth-order valence-corrected chi connectivity index (χ4v) is 3.85. The Labute approximate surface area is 175 Å². The summed E-state index contributed by atoms with van der Waals surface area (Å²) < 4.78 is 0. The number of amides is 2. The molecule has 0 spiro atoms. The quantitative estimate of drug-likeness (QED) is 0.550. The first-order chi connectivity index (χ1) is 12.9. The van der Waals surface area contributed by atoms with Crippen molar-refractivity contribution in [2.75, 3.05) is 10.6 Å². The number of hydrogen-bond donors (Lipinski definition) is 2. The highest BCUT2D eigenvalue weighted by molar-refractivity contribution is 8.76. The first-order valence-electron chi connectivity index (χ1n) is 9.13. The number of rotatable bonds is 5. The molecule has 0 radical (unpaired) electrons. The maximum Gasteiger partial charge on any atom is 0.229 e. The summed E-state index contributed by atoms with van der Waals surface area (Å²) in [6.45, 7) is 11.4. The van der Waals surface area contributed by atoms with Crippen LogP contribution in [0, 0.1) is 10.8 Å². The Bertz CT molecular complexity index is 746.